The van der Waals surface area contributed by atoms with Gasteiger partial charge in [-0.1, -0.05) is 39.0 Å². The normalized spacial score (nSPS) is 13.0. The van der Waals surface area contributed by atoms with Gasteiger partial charge in [-0.05, 0) is 17.9 Å². The molecule has 0 amide bonds. The Balaban J connectivity index is 2.44. The topological polar surface area (TPSA) is 72.2 Å². The fraction of sp³-hybridized carbons (Fsp3) is 0.467. The van der Waals surface area contributed by atoms with Crippen LogP contribution in [0.15, 0.2) is 29.2 Å². The number of benzene rings is 1. The number of fused-ring (bicyclic) bond motifs is 1. The van der Waals surface area contributed by atoms with Gasteiger partial charge in [0.05, 0.1) is 0 Å². The van der Waals surface area contributed by atoms with Gasteiger partial charge < -0.3 is 5.73 Å². The molecule has 0 bridgehead atoms. The van der Waals surface area contributed by atoms with Crippen LogP contribution in [0.25, 0.3) is 10.1 Å². The molecule has 0 unspecified atom stereocenters. The van der Waals surface area contributed by atoms with Gasteiger partial charge in [-0.15, -0.1) is 11.3 Å². The largest absolute Gasteiger partial charge is 0.326 e. The molecule has 1 aromatic carbocycles. The summed E-state index contributed by atoms with van der Waals surface area (Å²) >= 11 is 1.45. The Hall–Kier alpha value is -0.950. The summed E-state index contributed by atoms with van der Waals surface area (Å²) in [5.74, 6) is 0. The highest BCUT2D eigenvalue weighted by Crippen LogP contribution is 2.34. The highest BCUT2D eigenvalue weighted by Gasteiger charge is 2.26. The van der Waals surface area contributed by atoms with E-state index in [1.807, 2.05) is 38.1 Å². The van der Waals surface area contributed by atoms with Crippen molar-refractivity contribution in [2.75, 3.05) is 6.54 Å². The third kappa shape index (κ3) is 3.45. The predicted octanol–water partition coefficient (Wildman–Crippen LogP) is 3.07. The van der Waals surface area contributed by atoms with Crippen LogP contribution < -0.4 is 10.5 Å². The van der Waals surface area contributed by atoms with Crippen molar-refractivity contribution in [3.63, 3.8) is 0 Å². The minimum atomic E-state index is -3.55. The molecule has 2 aromatic rings. The Bertz CT molecular complexity index is 733. The summed E-state index contributed by atoms with van der Waals surface area (Å²) in [4.78, 5) is 1.05. The standard InChI is InChI=1S/C15H22N2O2S2/c1-4-15(2,3)10-17-21(18,19)14-11-7-5-6-8-12(11)20-13(14)9-16/h5-8,17H,4,9-10,16H2,1-3H3. The smallest absolute Gasteiger partial charge is 0.242 e. The lowest BCUT2D eigenvalue weighted by molar-refractivity contribution is 0.350. The van der Waals surface area contributed by atoms with Crippen LogP contribution >= 0.6 is 11.3 Å². The summed E-state index contributed by atoms with van der Waals surface area (Å²) in [7, 11) is -3.55. The molecular formula is C15H22N2O2S2. The Labute approximate surface area is 130 Å². The van der Waals surface area contributed by atoms with E-state index in [1.54, 1.807) is 0 Å². The van der Waals surface area contributed by atoms with Crippen LogP contribution in [0.4, 0.5) is 0 Å². The van der Waals surface area contributed by atoms with Crippen LogP contribution in [0.1, 0.15) is 32.1 Å². The van der Waals surface area contributed by atoms with Gasteiger partial charge in [0.15, 0.2) is 0 Å². The zero-order chi connectivity index (χ0) is 15.7. The maximum Gasteiger partial charge on any atom is 0.242 e. The Kier molecular flexibility index (Phi) is 4.72. The monoisotopic (exact) mass is 326 g/mol. The van der Waals surface area contributed by atoms with E-state index < -0.39 is 10.0 Å². The molecule has 0 radical (unpaired) electrons. The molecule has 21 heavy (non-hydrogen) atoms. The van der Waals surface area contributed by atoms with Crippen molar-refractivity contribution in [1.29, 1.82) is 0 Å². The average molecular weight is 326 g/mol. The first-order chi connectivity index (χ1) is 9.80. The molecule has 0 aliphatic carbocycles. The maximum absolute atomic E-state index is 12.7. The van der Waals surface area contributed by atoms with Gasteiger partial charge in [0.1, 0.15) is 4.90 Å². The van der Waals surface area contributed by atoms with E-state index in [9.17, 15) is 8.42 Å². The van der Waals surface area contributed by atoms with Crippen LogP contribution in [0.5, 0.6) is 0 Å². The zero-order valence-corrected chi connectivity index (χ0v) is 14.3. The van der Waals surface area contributed by atoms with Gasteiger partial charge in [-0.3, -0.25) is 0 Å². The second-order valence-electron chi connectivity index (χ2n) is 5.90. The predicted molar refractivity (Wildman–Crippen MR) is 89.0 cm³/mol. The zero-order valence-electron chi connectivity index (χ0n) is 12.6. The van der Waals surface area contributed by atoms with E-state index >= 15 is 0 Å². The summed E-state index contributed by atoms with van der Waals surface area (Å²) in [6.07, 6.45) is 0.906. The van der Waals surface area contributed by atoms with E-state index in [2.05, 4.69) is 11.6 Å². The van der Waals surface area contributed by atoms with E-state index in [-0.39, 0.29) is 12.0 Å². The van der Waals surface area contributed by atoms with Crippen LogP contribution in [-0.4, -0.2) is 15.0 Å². The molecule has 0 aliphatic heterocycles. The van der Waals surface area contributed by atoms with Gasteiger partial charge in [-0.2, -0.15) is 0 Å². The molecule has 0 aliphatic rings. The van der Waals surface area contributed by atoms with Crippen molar-refractivity contribution < 1.29 is 8.42 Å². The van der Waals surface area contributed by atoms with E-state index in [0.29, 0.717) is 16.3 Å². The number of hydrogen-bond acceptors (Lipinski definition) is 4. The Morgan fingerprint density at radius 2 is 1.95 bits per heavy atom. The third-order valence-electron chi connectivity index (χ3n) is 3.77. The Morgan fingerprint density at radius 3 is 2.57 bits per heavy atom. The molecule has 0 saturated carbocycles. The Morgan fingerprint density at radius 1 is 1.29 bits per heavy atom. The number of hydrogen-bond donors (Lipinski definition) is 2. The summed E-state index contributed by atoms with van der Waals surface area (Å²) in [6, 6.07) is 7.52. The molecule has 4 nitrogen and oxygen atoms in total. The molecular weight excluding hydrogens is 304 g/mol. The molecule has 1 heterocycles. The number of sulfonamides is 1. The van der Waals surface area contributed by atoms with Crippen molar-refractivity contribution >= 4 is 31.4 Å². The third-order valence-corrected chi connectivity index (χ3v) is 6.62. The first-order valence-electron chi connectivity index (χ1n) is 7.01. The molecule has 0 atom stereocenters. The van der Waals surface area contributed by atoms with Gasteiger partial charge in [0.25, 0.3) is 0 Å². The van der Waals surface area contributed by atoms with Crippen molar-refractivity contribution in [1.82, 2.24) is 4.72 Å². The lowest BCUT2D eigenvalue weighted by Gasteiger charge is -2.22. The molecule has 0 spiro atoms. The van der Waals surface area contributed by atoms with Gasteiger partial charge in [0, 0.05) is 28.1 Å². The molecule has 3 N–H and O–H groups in total. The molecule has 6 heteroatoms. The van der Waals surface area contributed by atoms with E-state index in [0.717, 1.165) is 16.5 Å². The van der Waals surface area contributed by atoms with Gasteiger partial charge >= 0.3 is 0 Å². The second kappa shape index (κ2) is 6.04. The van der Waals surface area contributed by atoms with Crippen molar-refractivity contribution in [2.24, 2.45) is 11.1 Å². The van der Waals surface area contributed by atoms with Crippen LogP contribution in [0, 0.1) is 5.41 Å². The van der Waals surface area contributed by atoms with Crippen molar-refractivity contribution in [3.05, 3.63) is 29.1 Å². The number of nitrogens with two attached hydrogens (primary N) is 1. The van der Waals surface area contributed by atoms with Crippen LogP contribution in [0.3, 0.4) is 0 Å². The first kappa shape index (κ1) is 16.4. The molecule has 2 rings (SSSR count). The minimum absolute atomic E-state index is 0.0677. The summed E-state index contributed by atoms with van der Waals surface area (Å²) < 4.78 is 29.1. The summed E-state index contributed by atoms with van der Waals surface area (Å²) in [6.45, 7) is 6.79. The van der Waals surface area contributed by atoms with Crippen molar-refractivity contribution in [3.8, 4) is 0 Å². The number of thiophene rings is 1. The summed E-state index contributed by atoms with van der Waals surface area (Å²) in [5, 5.41) is 0.754. The maximum atomic E-state index is 12.7. The highest BCUT2D eigenvalue weighted by atomic mass is 32.2. The number of nitrogens with one attached hydrogen (secondary N) is 1. The lowest BCUT2D eigenvalue weighted by atomic mass is 9.91. The molecule has 0 saturated heterocycles. The second-order valence-corrected chi connectivity index (χ2v) is 8.74. The minimum Gasteiger partial charge on any atom is -0.326 e. The molecule has 116 valence electrons. The van der Waals surface area contributed by atoms with E-state index in [1.165, 1.54) is 11.3 Å². The molecule has 0 fully saturated rings. The lowest BCUT2D eigenvalue weighted by Crippen LogP contribution is -2.34. The number of rotatable bonds is 6. The summed E-state index contributed by atoms with van der Waals surface area (Å²) in [5.41, 5.74) is 5.67. The highest BCUT2D eigenvalue weighted by molar-refractivity contribution is 7.90. The van der Waals surface area contributed by atoms with Crippen LogP contribution in [-0.2, 0) is 16.6 Å². The fourth-order valence-electron chi connectivity index (χ4n) is 1.99. The quantitative estimate of drug-likeness (QED) is 0.857. The molecule has 1 aromatic heterocycles. The SMILES string of the molecule is CCC(C)(C)CNS(=O)(=O)c1c(CN)sc2ccccc12. The first-order valence-corrected chi connectivity index (χ1v) is 9.31. The van der Waals surface area contributed by atoms with E-state index in [4.69, 9.17) is 5.73 Å². The average Bonchev–Trinajstić information content (AvgIpc) is 2.84. The van der Waals surface area contributed by atoms with Crippen LogP contribution in [0.2, 0.25) is 0 Å². The fourth-order valence-corrected chi connectivity index (χ4v) is 5.06. The van der Waals surface area contributed by atoms with Crippen molar-refractivity contribution in [2.45, 2.75) is 38.6 Å². The van der Waals surface area contributed by atoms with Gasteiger partial charge in [0.2, 0.25) is 10.0 Å². The van der Waals surface area contributed by atoms with Gasteiger partial charge in [-0.25, -0.2) is 13.1 Å².